The van der Waals surface area contributed by atoms with Gasteiger partial charge in [0.2, 0.25) is 0 Å². The molecule has 3 nitrogen and oxygen atoms in total. The lowest BCUT2D eigenvalue weighted by molar-refractivity contribution is 0.0935. The Morgan fingerprint density at radius 3 is 2.50 bits per heavy atom. The second-order valence-corrected chi connectivity index (χ2v) is 5.75. The Morgan fingerprint density at radius 2 is 1.95 bits per heavy atom. The Morgan fingerprint density at radius 1 is 1.30 bits per heavy atom. The molecule has 110 valence electrons. The van der Waals surface area contributed by atoms with E-state index < -0.39 is 0 Å². The summed E-state index contributed by atoms with van der Waals surface area (Å²) in [6.45, 7) is 3.24. The highest BCUT2D eigenvalue weighted by molar-refractivity contribution is 6.18. The van der Waals surface area contributed by atoms with Crippen LogP contribution < -0.4 is 10.1 Å². The van der Waals surface area contributed by atoms with E-state index in [-0.39, 0.29) is 11.3 Å². The molecule has 0 unspecified atom stereocenters. The molecule has 0 radical (unpaired) electrons. The van der Waals surface area contributed by atoms with Crippen LogP contribution in [-0.4, -0.2) is 24.9 Å². The van der Waals surface area contributed by atoms with Gasteiger partial charge in [-0.25, -0.2) is 0 Å². The van der Waals surface area contributed by atoms with Crippen molar-refractivity contribution in [2.75, 3.05) is 19.0 Å². The number of carbonyl (C=O) groups excluding carboxylic acids is 1. The molecule has 1 aromatic rings. The van der Waals surface area contributed by atoms with Gasteiger partial charge in [0.25, 0.3) is 5.91 Å². The van der Waals surface area contributed by atoms with E-state index in [0.717, 1.165) is 18.6 Å². The van der Waals surface area contributed by atoms with Crippen LogP contribution in [0.4, 0.5) is 0 Å². The number of nitrogens with one attached hydrogen (secondary N) is 1. The molecule has 0 spiro atoms. The molecule has 1 N–H and O–H groups in total. The Kier molecular flexibility index (Phi) is 5.30. The molecular weight excluding hydrogens is 274 g/mol. The predicted molar refractivity (Wildman–Crippen MR) is 81.6 cm³/mol. The predicted octanol–water partition coefficient (Wildman–Crippen LogP) is 3.61. The van der Waals surface area contributed by atoms with E-state index in [2.05, 4.69) is 5.32 Å². The van der Waals surface area contributed by atoms with E-state index in [0.29, 0.717) is 24.6 Å². The van der Waals surface area contributed by atoms with Gasteiger partial charge in [0.1, 0.15) is 5.75 Å². The van der Waals surface area contributed by atoms with Gasteiger partial charge in [-0.15, -0.1) is 11.6 Å². The number of benzene rings is 1. The van der Waals surface area contributed by atoms with Crippen molar-refractivity contribution < 1.29 is 9.53 Å². The number of rotatable bonds is 6. The highest BCUT2D eigenvalue weighted by atomic mass is 35.5. The van der Waals surface area contributed by atoms with Crippen molar-refractivity contribution >= 4 is 17.5 Å². The van der Waals surface area contributed by atoms with Crippen molar-refractivity contribution in [1.82, 2.24) is 5.32 Å². The summed E-state index contributed by atoms with van der Waals surface area (Å²) >= 11 is 6.08. The van der Waals surface area contributed by atoms with E-state index in [1.807, 2.05) is 19.1 Å². The maximum atomic E-state index is 12.1. The normalized spacial score (nSPS) is 16.9. The van der Waals surface area contributed by atoms with Crippen molar-refractivity contribution in [2.45, 2.75) is 32.6 Å². The fourth-order valence-corrected chi connectivity index (χ4v) is 3.08. The molecule has 0 saturated heterocycles. The number of hydrogen-bond acceptors (Lipinski definition) is 2. The third kappa shape index (κ3) is 3.66. The third-order valence-corrected chi connectivity index (χ3v) is 4.57. The molecule has 1 fully saturated rings. The molecule has 0 aliphatic heterocycles. The number of ether oxygens (including phenoxy) is 1. The van der Waals surface area contributed by atoms with Gasteiger partial charge in [-0.05, 0) is 44.0 Å². The average molecular weight is 296 g/mol. The summed E-state index contributed by atoms with van der Waals surface area (Å²) in [4.78, 5) is 12.1. The molecule has 0 heterocycles. The topological polar surface area (TPSA) is 38.3 Å². The van der Waals surface area contributed by atoms with E-state index in [1.165, 1.54) is 12.8 Å². The van der Waals surface area contributed by atoms with Crippen LogP contribution in [0.3, 0.4) is 0 Å². The molecule has 1 aromatic carbocycles. The lowest BCUT2D eigenvalue weighted by Gasteiger charge is -2.26. The van der Waals surface area contributed by atoms with Gasteiger partial charge < -0.3 is 10.1 Å². The molecule has 1 aliphatic carbocycles. The Balaban J connectivity index is 1.91. The van der Waals surface area contributed by atoms with Gasteiger partial charge in [0.15, 0.2) is 0 Å². The quantitative estimate of drug-likeness (QED) is 0.814. The zero-order chi connectivity index (χ0) is 14.4. The van der Waals surface area contributed by atoms with Crippen molar-refractivity contribution in [3.05, 3.63) is 29.8 Å². The summed E-state index contributed by atoms with van der Waals surface area (Å²) < 4.78 is 5.37. The van der Waals surface area contributed by atoms with E-state index in [9.17, 15) is 4.79 Å². The smallest absolute Gasteiger partial charge is 0.251 e. The van der Waals surface area contributed by atoms with Crippen LogP contribution in [0.25, 0.3) is 0 Å². The van der Waals surface area contributed by atoms with Crippen molar-refractivity contribution in [1.29, 1.82) is 0 Å². The number of carbonyl (C=O) groups is 1. The van der Waals surface area contributed by atoms with Crippen LogP contribution >= 0.6 is 11.6 Å². The van der Waals surface area contributed by atoms with Gasteiger partial charge in [0.05, 0.1) is 6.61 Å². The number of amides is 1. The summed E-state index contributed by atoms with van der Waals surface area (Å²) in [5.74, 6) is 1.37. The largest absolute Gasteiger partial charge is 0.494 e. The molecule has 0 aromatic heterocycles. The molecule has 20 heavy (non-hydrogen) atoms. The highest BCUT2D eigenvalue weighted by Gasteiger charge is 2.33. The minimum Gasteiger partial charge on any atom is -0.494 e. The van der Waals surface area contributed by atoms with E-state index >= 15 is 0 Å². The first kappa shape index (κ1) is 15.2. The third-order valence-electron chi connectivity index (χ3n) is 4.00. The van der Waals surface area contributed by atoms with Crippen LogP contribution in [-0.2, 0) is 0 Å². The summed E-state index contributed by atoms with van der Waals surface area (Å²) in [5.41, 5.74) is 0.763. The van der Waals surface area contributed by atoms with E-state index in [4.69, 9.17) is 16.3 Å². The van der Waals surface area contributed by atoms with Crippen molar-refractivity contribution in [3.63, 3.8) is 0 Å². The molecule has 0 bridgehead atoms. The summed E-state index contributed by atoms with van der Waals surface area (Å²) in [5, 5.41) is 3.02. The molecule has 1 saturated carbocycles. The van der Waals surface area contributed by atoms with Crippen LogP contribution in [0, 0.1) is 5.41 Å². The Bertz CT molecular complexity index is 438. The second kappa shape index (κ2) is 6.98. The van der Waals surface area contributed by atoms with Gasteiger partial charge in [-0.2, -0.15) is 0 Å². The van der Waals surface area contributed by atoms with Gasteiger partial charge in [-0.1, -0.05) is 12.8 Å². The minimum absolute atomic E-state index is 0.0376. The van der Waals surface area contributed by atoms with Crippen LogP contribution in [0.1, 0.15) is 43.0 Å². The first-order valence-electron chi connectivity index (χ1n) is 7.26. The van der Waals surface area contributed by atoms with Gasteiger partial charge in [-0.3, -0.25) is 4.79 Å². The zero-order valence-electron chi connectivity index (χ0n) is 12.0. The zero-order valence-corrected chi connectivity index (χ0v) is 12.7. The summed E-state index contributed by atoms with van der Waals surface area (Å²) in [6, 6.07) is 7.24. The second-order valence-electron chi connectivity index (χ2n) is 5.48. The molecule has 2 rings (SSSR count). The molecule has 0 atom stereocenters. The Hall–Kier alpha value is -1.22. The van der Waals surface area contributed by atoms with Crippen molar-refractivity contribution in [3.8, 4) is 5.75 Å². The number of hydrogen-bond donors (Lipinski definition) is 1. The molecular formula is C16H22ClNO2. The van der Waals surface area contributed by atoms with Crippen molar-refractivity contribution in [2.24, 2.45) is 5.41 Å². The van der Waals surface area contributed by atoms with E-state index in [1.54, 1.807) is 12.1 Å². The monoisotopic (exact) mass is 295 g/mol. The minimum atomic E-state index is -0.0376. The van der Waals surface area contributed by atoms with Crippen LogP contribution in [0.2, 0.25) is 0 Å². The molecule has 1 amide bonds. The molecule has 4 heteroatoms. The first-order chi connectivity index (χ1) is 9.69. The lowest BCUT2D eigenvalue weighted by Crippen LogP contribution is -2.37. The van der Waals surface area contributed by atoms with Gasteiger partial charge in [0, 0.05) is 23.4 Å². The Labute approximate surface area is 125 Å². The fraction of sp³-hybridized carbons (Fsp3) is 0.562. The standard InChI is InChI=1S/C16H22ClNO2/c1-2-20-14-7-5-13(6-8-14)15(19)18-12-16(11-17)9-3-4-10-16/h5-8H,2-4,9-12H2,1H3,(H,18,19). The summed E-state index contributed by atoms with van der Waals surface area (Å²) in [7, 11) is 0. The lowest BCUT2D eigenvalue weighted by atomic mass is 9.88. The average Bonchev–Trinajstić information content (AvgIpc) is 2.95. The van der Waals surface area contributed by atoms with Gasteiger partial charge >= 0.3 is 0 Å². The highest BCUT2D eigenvalue weighted by Crippen LogP contribution is 2.38. The molecule has 1 aliphatic rings. The SMILES string of the molecule is CCOc1ccc(C(=O)NCC2(CCl)CCCC2)cc1. The maximum absolute atomic E-state index is 12.1. The first-order valence-corrected chi connectivity index (χ1v) is 7.79. The maximum Gasteiger partial charge on any atom is 0.251 e. The fourth-order valence-electron chi connectivity index (χ4n) is 2.72. The van der Waals surface area contributed by atoms with Crippen LogP contribution in [0.5, 0.6) is 5.75 Å². The number of halogens is 1. The summed E-state index contributed by atoms with van der Waals surface area (Å²) in [6.07, 6.45) is 4.65. The van der Waals surface area contributed by atoms with Crippen LogP contribution in [0.15, 0.2) is 24.3 Å². The number of alkyl halides is 1.